The molecule has 6 heteroatoms. The van der Waals surface area contributed by atoms with Gasteiger partial charge in [0.15, 0.2) is 0 Å². The molecule has 0 unspecified atom stereocenters. The number of aliphatic hydroxyl groups excluding tert-OH is 1. The second-order valence-electron chi connectivity index (χ2n) is 10.4. The van der Waals surface area contributed by atoms with Gasteiger partial charge in [-0.25, -0.2) is 0 Å². The third-order valence-corrected chi connectivity index (χ3v) is 7.38. The normalized spacial score (nSPS) is 18.6. The maximum absolute atomic E-state index is 13.2. The highest BCUT2D eigenvalue weighted by Gasteiger charge is 2.30. The zero-order chi connectivity index (χ0) is 22.3. The molecule has 1 aromatic carbocycles. The third-order valence-electron chi connectivity index (χ3n) is 7.38. The Morgan fingerprint density at radius 2 is 2.03 bits per heavy atom. The molecule has 0 bridgehead atoms. The van der Waals surface area contributed by atoms with E-state index in [-0.39, 0.29) is 18.4 Å². The number of benzene rings is 1. The van der Waals surface area contributed by atoms with Crippen molar-refractivity contribution >= 4 is 22.5 Å². The number of fused-ring (bicyclic) bond motifs is 2. The Morgan fingerprint density at radius 3 is 2.81 bits per heavy atom. The van der Waals surface area contributed by atoms with E-state index in [9.17, 15) is 9.90 Å². The molecule has 1 saturated carbocycles. The molecule has 5 rings (SSSR count). The predicted octanol–water partition coefficient (Wildman–Crippen LogP) is 4.98. The molecule has 0 aliphatic heterocycles. The van der Waals surface area contributed by atoms with Gasteiger partial charge in [0.25, 0.3) is 0 Å². The van der Waals surface area contributed by atoms with Crippen molar-refractivity contribution < 1.29 is 9.90 Å². The monoisotopic (exact) mass is 434 g/mol. The first kappa shape index (κ1) is 21.3. The van der Waals surface area contributed by atoms with Crippen molar-refractivity contribution in [1.82, 2.24) is 15.2 Å². The van der Waals surface area contributed by atoms with Crippen LogP contribution >= 0.6 is 0 Å². The van der Waals surface area contributed by atoms with Gasteiger partial charge in [-0.1, -0.05) is 39.2 Å². The van der Waals surface area contributed by atoms with E-state index in [1.165, 1.54) is 17.7 Å². The molecular weight excluding hydrogens is 400 g/mol. The molecule has 170 valence electrons. The van der Waals surface area contributed by atoms with E-state index in [1.54, 1.807) is 4.90 Å². The smallest absolute Gasteiger partial charge is 0.230 e. The zero-order valence-corrected chi connectivity index (χ0v) is 19.2. The van der Waals surface area contributed by atoms with Crippen molar-refractivity contribution in [3.8, 4) is 11.4 Å². The number of hydrogen-bond donors (Lipinski definition) is 3. The number of carbonyl (C=O) groups is 1. The van der Waals surface area contributed by atoms with Gasteiger partial charge in [0.2, 0.25) is 5.91 Å². The number of nitrogens with zero attached hydrogens (tertiary/aromatic N) is 2. The van der Waals surface area contributed by atoms with Crippen LogP contribution in [0.5, 0.6) is 0 Å². The molecule has 0 saturated heterocycles. The minimum absolute atomic E-state index is 0.0395. The van der Waals surface area contributed by atoms with Crippen LogP contribution < -0.4 is 4.90 Å². The van der Waals surface area contributed by atoms with Crippen LogP contribution in [-0.2, 0) is 17.6 Å². The van der Waals surface area contributed by atoms with E-state index < -0.39 is 0 Å². The molecule has 3 aromatic rings. The van der Waals surface area contributed by atoms with E-state index in [0.29, 0.717) is 12.0 Å². The summed E-state index contributed by atoms with van der Waals surface area (Å²) in [4.78, 5) is 18.5. The summed E-state index contributed by atoms with van der Waals surface area (Å²) in [6.45, 7) is 4.92. The Balaban J connectivity index is 1.45. The van der Waals surface area contributed by atoms with Crippen LogP contribution in [0.1, 0.15) is 63.6 Å². The number of H-pyrrole nitrogens is 2. The number of aromatic amines is 2. The molecule has 1 fully saturated rings. The van der Waals surface area contributed by atoms with Crippen molar-refractivity contribution in [2.45, 2.75) is 65.2 Å². The van der Waals surface area contributed by atoms with Gasteiger partial charge in [-0.15, -0.1) is 0 Å². The summed E-state index contributed by atoms with van der Waals surface area (Å²) in [6, 6.07) is 8.25. The van der Waals surface area contributed by atoms with Gasteiger partial charge in [-0.3, -0.25) is 9.89 Å². The topological polar surface area (TPSA) is 85.0 Å². The fourth-order valence-corrected chi connectivity index (χ4v) is 5.52. The molecular formula is C26H34N4O2. The Hall–Kier alpha value is -2.60. The Kier molecular flexibility index (Phi) is 5.58. The van der Waals surface area contributed by atoms with Gasteiger partial charge in [0, 0.05) is 40.3 Å². The Labute approximate surface area is 189 Å². The quantitative estimate of drug-likeness (QED) is 0.529. The van der Waals surface area contributed by atoms with Crippen LogP contribution in [0.15, 0.2) is 24.3 Å². The maximum Gasteiger partial charge on any atom is 0.230 e. The molecule has 6 nitrogen and oxygen atoms in total. The summed E-state index contributed by atoms with van der Waals surface area (Å²) in [7, 11) is 0. The number of rotatable bonds is 5. The van der Waals surface area contributed by atoms with Crippen molar-refractivity contribution in [3.63, 3.8) is 0 Å². The van der Waals surface area contributed by atoms with Crippen molar-refractivity contribution in [1.29, 1.82) is 0 Å². The first-order valence-electron chi connectivity index (χ1n) is 12.1. The van der Waals surface area contributed by atoms with Crippen molar-refractivity contribution in [2.75, 3.05) is 18.1 Å². The summed E-state index contributed by atoms with van der Waals surface area (Å²) in [5, 5.41) is 18.6. The highest BCUT2D eigenvalue weighted by atomic mass is 16.3. The second-order valence-corrected chi connectivity index (χ2v) is 10.4. The minimum atomic E-state index is -0.0395. The fourth-order valence-electron chi connectivity index (χ4n) is 5.52. The summed E-state index contributed by atoms with van der Waals surface area (Å²) < 4.78 is 0. The fraction of sp³-hybridized carbons (Fsp3) is 0.538. The number of anilines is 1. The summed E-state index contributed by atoms with van der Waals surface area (Å²) in [5.41, 5.74) is 6.76. The van der Waals surface area contributed by atoms with Gasteiger partial charge >= 0.3 is 0 Å². The zero-order valence-electron chi connectivity index (χ0n) is 19.2. The average molecular weight is 435 g/mol. The lowest BCUT2D eigenvalue weighted by molar-refractivity contribution is -0.123. The minimum Gasteiger partial charge on any atom is -0.395 e. The van der Waals surface area contributed by atoms with Gasteiger partial charge in [-0.05, 0) is 55.7 Å². The van der Waals surface area contributed by atoms with Crippen LogP contribution in [0.2, 0.25) is 0 Å². The van der Waals surface area contributed by atoms with Gasteiger partial charge in [0.1, 0.15) is 5.69 Å². The highest BCUT2D eigenvalue weighted by Crippen LogP contribution is 2.38. The van der Waals surface area contributed by atoms with Crippen LogP contribution in [0.4, 0.5) is 5.69 Å². The first-order valence-corrected chi connectivity index (χ1v) is 12.1. The standard InChI is InChI=1S/C26H34N4O2/c1-26(2)11-10-20-23(16-26)28-29-24(20)22-14-18-8-9-19(15-21(18)27-22)30(12-13-31)25(32)17-6-4-3-5-7-17/h8-9,14-15,17,27,31H,3-7,10-13,16H2,1-2H3,(H,28,29). The number of carbonyl (C=O) groups excluding carboxylic acids is 1. The van der Waals surface area contributed by atoms with E-state index >= 15 is 0 Å². The van der Waals surface area contributed by atoms with Crippen LogP contribution in [0.3, 0.4) is 0 Å². The molecule has 0 spiro atoms. The Bertz CT molecular complexity index is 1120. The molecule has 2 aromatic heterocycles. The first-order chi connectivity index (χ1) is 15.4. The molecule has 32 heavy (non-hydrogen) atoms. The lowest BCUT2D eigenvalue weighted by Gasteiger charge is -2.29. The third kappa shape index (κ3) is 3.96. The van der Waals surface area contributed by atoms with E-state index in [4.69, 9.17) is 0 Å². The van der Waals surface area contributed by atoms with E-state index in [2.05, 4.69) is 41.2 Å². The SMILES string of the molecule is CC1(C)CCc2c(-c3cc4ccc(N(CCO)C(=O)C5CCCCC5)cc4[nH]3)n[nH]c2C1. The van der Waals surface area contributed by atoms with E-state index in [1.807, 2.05) is 12.1 Å². The van der Waals surface area contributed by atoms with Crippen molar-refractivity contribution in [3.05, 3.63) is 35.5 Å². The molecule has 2 heterocycles. The van der Waals surface area contributed by atoms with Crippen LogP contribution in [0, 0.1) is 11.3 Å². The van der Waals surface area contributed by atoms with Gasteiger partial charge in [0.05, 0.1) is 12.3 Å². The number of hydrogen-bond acceptors (Lipinski definition) is 3. The number of aliphatic hydroxyl groups is 1. The van der Waals surface area contributed by atoms with Crippen molar-refractivity contribution in [2.24, 2.45) is 11.3 Å². The van der Waals surface area contributed by atoms with Crippen LogP contribution in [-0.4, -0.2) is 39.3 Å². The molecule has 1 amide bonds. The number of nitrogens with one attached hydrogen (secondary N) is 2. The van der Waals surface area contributed by atoms with Crippen LogP contribution in [0.25, 0.3) is 22.3 Å². The van der Waals surface area contributed by atoms with Gasteiger partial charge in [-0.2, -0.15) is 5.10 Å². The summed E-state index contributed by atoms with van der Waals surface area (Å²) >= 11 is 0. The Morgan fingerprint density at radius 1 is 1.22 bits per heavy atom. The second kappa shape index (κ2) is 8.39. The number of amides is 1. The average Bonchev–Trinajstić information content (AvgIpc) is 3.39. The molecule has 2 aliphatic rings. The molecule has 0 atom stereocenters. The maximum atomic E-state index is 13.2. The molecule has 0 radical (unpaired) electrons. The number of aromatic nitrogens is 3. The summed E-state index contributed by atoms with van der Waals surface area (Å²) in [5.74, 6) is 0.221. The van der Waals surface area contributed by atoms with E-state index in [0.717, 1.165) is 72.9 Å². The predicted molar refractivity (Wildman–Crippen MR) is 128 cm³/mol. The molecule has 3 N–H and O–H groups in total. The highest BCUT2D eigenvalue weighted by molar-refractivity contribution is 5.98. The largest absolute Gasteiger partial charge is 0.395 e. The lowest BCUT2D eigenvalue weighted by Crippen LogP contribution is -2.39. The molecule has 2 aliphatic carbocycles. The van der Waals surface area contributed by atoms with Gasteiger partial charge < -0.3 is 15.0 Å². The lowest BCUT2D eigenvalue weighted by atomic mass is 9.76. The summed E-state index contributed by atoms with van der Waals surface area (Å²) in [6.07, 6.45) is 8.59.